The molecule has 168 valence electrons. The van der Waals surface area contributed by atoms with Gasteiger partial charge in [0.15, 0.2) is 0 Å². The number of carbonyl (C=O) groups excluding carboxylic acids is 2. The fraction of sp³-hybridized carbons (Fsp3) is 0.167. The van der Waals surface area contributed by atoms with Crippen molar-refractivity contribution in [1.29, 1.82) is 0 Å². The average molecular weight is 481 g/mol. The molecule has 0 bridgehead atoms. The Morgan fingerprint density at radius 2 is 1.94 bits per heavy atom. The molecule has 4 rings (SSSR count). The number of nitrogens with one attached hydrogen (secondary N) is 1. The van der Waals surface area contributed by atoms with Crippen LogP contribution in [0.25, 0.3) is 17.0 Å². The van der Waals surface area contributed by atoms with E-state index in [0.29, 0.717) is 38.8 Å². The number of hydrogen-bond acceptors (Lipinski definition) is 7. The van der Waals surface area contributed by atoms with Gasteiger partial charge in [-0.15, -0.1) is 0 Å². The molecular weight excluding hydrogens is 460 g/mol. The van der Waals surface area contributed by atoms with E-state index in [0.717, 1.165) is 11.3 Å². The first-order valence-corrected chi connectivity index (χ1v) is 11.4. The first kappa shape index (κ1) is 22.8. The first-order valence-electron chi connectivity index (χ1n) is 10.2. The fourth-order valence-electron chi connectivity index (χ4n) is 3.32. The van der Waals surface area contributed by atoms with Gasteiger partial charge in [0.25, 0.3) is 5.91 Å². The van der Waals surface area contributed by atoms with Crippen molar-refractivity contribution < 1.29 is 18.7 Å². The van der Waals surface area contributed by atoms with Crippen LogP contribution in [0, 0.1) is 0 Å². The lowest BCUT2D eigenvalue weighted by Crippen LogP contribution is -2.29. The minimum atomic E-state index is -0.422. The summed E-state index contributed by atoms with van der Waals surface area (Å²) in [5.41, 5.74) is 1.52. The van der Waals surface area contributed by atoms with E-state index in [1.54, 1.807) is 37.5 Å². The van der Waals surface area contributed by atoms with E-state index in [9.17, 15) is 14.4 Å². The van der Waals surface area contributed by atoms with Crippen LogP contribution in [0.15, 0.2) is 68.7 Å². The molecule has 0 saturated carbocycles. The molecule has 0 radical (unpaired) electrons. The third-order valence-electron chi connectivity index (χ3n) is 4.98. The van der Waals surface area contributed by atoms with Crippen molar-refractivity contribution in [1.82, 2.24) is 4.90 Å². The van der Waals surface area contributed by atoms with Crippen molar-refractivity contribution in [3.63, 3.8) is 0 Å². The van der Waals surface area contributed by atoms with Crippen LogP contribution < -0.4 is 15.7 Å². The van der Waals surface area contributed by atoms with Crippen molar-refractivity contribution >= 4 is 62.8 Å². The van der Waals surface area contributed by atoms with Gasteiger partial charge in [0.05, 0.1) is 12.0 Å². The molecule has 1 N–H and O–H groups in total. The standard InChI is InChI=1S/C24H20N2O5S2/c1-30-18-8-4-15(5-9-18)13-20-23(29)26(24(32)33-20)12-2-3-21(27)25-17-7-10-19-16(14-17)6-11-22(28)31-19/h4-11,13-14H,2-3,12H2,1H3,(H,25,27). The molecule has 2 amide bonds. The van der Waals surface area contributed by atoms with Crippen LogP contribution in [0.4, 0.5) is 5.69 Å². The lowest BCUT2D eigenvalue weighted by Gasteiger charge is -2.14. The van der Waals surface area contributed by atoms with Crippen LogP contribution >= 0.6 is 24.0 Å². The van der Waals surface area contributed by atoms with Crippen molar-refractivity contribution in [2.75, 3.05) is 19.0 Å². The molecule has 7 nitrogen and oxygen atoms in total. The lowest BCUT2D eigenvalue weighted by atomic mass is 10.2. The summed E-state index contributed by atoms with van der Waals surface area (Å²) in [7, 11) is 1.60. The Labute approximate surface area is 199 Å². The van der Waals surface area contributed by atoms with Gasteiger partial charge in [-0.3, -0.25) is 14.5 Å². The molecule has 0 spiro atoms. The third-order valence-corrected chi connectivity index (χ3v) is 6.35. The van der Waals surface area contributed by atoms with E-state index in [-0.39, 0.29) is 18.2 Å². The van der Waals surface area contributed by atoms with Gasteiger partial charge in [-0.05, 0) is 54.5 Å². The van der Waals surface area contributed by atoms with Gasteiger partial charge in [0.2, 0.25) is 5.91 Å². The van der Waals surface area contributed by atoms with Crippen LogP contribution in [-0.4, -0.2) is 34.7 Å². The predicted octanol–water partition coefficient (Wildman–Crippen LogP) is 4.42. The number of rotatable bonds is 7. The Hall–Kier alpha value is -3.43. The Morgan fingerprint density at radius 1 is 1.15 bits per heavy atom. The molecule has 1 aliphatic heterocycles. The molecule has 0 atom stereocenters. The molecule has 1 aliphatic rings. The molecule has 9 heteroatoms. The van der Waals surface area contributed by atoms with E-state index < -0.39 is 5.63 Å². The molecule has 33 heavy (non-hydrogen) atoms. The largest absolute Gasteiger partial charge is 0.497 e. The number of fused-ring (bicyclic) bond motifs is 1. The van der Waals surface area contributed by atoms with Crippen LogP contribution in [-0.2, 0) is 9.59 Å². The van der Waals surface area contributed by atoms with E-state index >= 15 is 0 Å². The number of hydrogen-bond donors (Lipinski definition) is 1. The van der Waals surface area contributed by atoms with Gasteiger partial charge < -0.3 is 14.5 Å². The Morgan fingerprint density at radius 3 is 2.70 bits per heavy atom. The van der Waals surface area contributed by atoms with Gasteiger partial charge in [0, 0.05) is 30.1 Å². The zero-order valence-electron chi connectivity index (χ0n) is 17.7. The van der Waals surface area contributed by atoms with Crippen molar-refractivity contribution in [3.05, 3.63) is 75.5 Å². The molecular formula is C24H20N2O5S2. The second-order valence-electron chi connectivity index (χ2n) is 7.27. The Kier molecular flexibility index (Phi) is 6.90. The fourth-order valence-corrected chi connectivity index (χ4v) is 4.62. The molecule has 2 heterocycles. The molecule has 1 saturated heterocycles. The van der Waals surface area contributed by atoms with Crippen LogP contribution in [0.3, 0.4) is 0 Å². The maximum absolute atomic E-state index is 12.8. The van der Waals surface area contributed by atoms with Gasteiger partial charge in [0.1, 0.15) is 15.7 Å². The summed E-state index contributed by atoms with van der Waals surface area (Å²) >= 11 is 6.62. The summed E-state index contributed by atoms with van der Waals surface area (Å²) < 4.78 is 10.7. The Bertz CT molecular complexity index is 1310. The summed E-state index contributed by atoms with van der Waals surface area (Å²) in [6.07, 6.45) is 2.50. The number of thiocarbonyl (C=S) groups is 1. The Balaban J connectivity index is 1.31. The minimum Gasteiger partial charge on any atom is -0.497 e. The summed E-state index contributed by atoms with van der Waals surface area (Å²) in [5, 5.41) is 3.54. The highest BCUT2D eigenvalue weighted by Crippen LogP contribution is 2.33. The van der Waals surface area contributed by atoms with Crippen molar-refractivity contribution in [2.45, 2.75) is 12.8 Å². The van der Waals surface area contributed by atoms with Gasteiger partial charge in [-0.25, -0.2) is 4.79 Å². The number of amides is 2. The maximum atomic E-state index is 12.8. The number of methoxy groups -OCH3 is 1. The van der Waals surface area contributed by atoms with Crippen LogP contribution in [0.2, 0.25) is 0 Å². The molecule has 3 aromatic rings. The normalized spacial score (nSPS) is 14.8. The zero-order chi connectivity index (χ0) is 23.4. The molecule has 0 aliphatic carbocycles. The number of nitrogens with zero attached hydrogens (tertiary/aromatic N) is 1. The number of benzene rings is 2. The topological polar surface area (TPSA) is 88.8 Å². The predicted molar refractivity (Wildman–Crippen MR) is 133 cm³/mol. The number of carbonyl (C=O) groups is 2. The summed E-state index contributed by atoms with van der Waals surface area (Å²) in [6.45, 7) is 0.362. The van der Waals surface area contributed by atoms with E-state index in [4.69, 9.17) is 21.4 Å². The minimum absolute atomic E-state index is 0.155. The highest BCUT2D eigenvalue weighted by Gasteiger charge is 2.31. The van der Waals surface area contributed by atoms with E-state index in [2.05, 4.69) is 5.32 Å². The van der Waals surface area contributed by atoms with Crippen LogP contribution in [0.1, 0.15) is 18.4 Å². The van der Waals surface area contributed by atoms with Crippen molar-refractivity contribution in [2.24, 2.45) is 0 Å². The highest BCUT2D eigenvalue weighted by molar-refractivity contribution is 8.26. The maximum Gasteiger partial charge on any atom is 0.336 e. The lowest BCUT2D eigenvalue weighted by molar-refractivity contribution is -0.122. The quantitative estimate of drug-likeness (QED) is 0.304. The average Bonchev–Trinajstić information content (AvgIpc) is 3.07. The van der Waals surface area contributed by atoms with Crippen LogP contribution in [0.5, 0.6) is 5.75 Å². The van der Waals surface area contributed by atoms with E-state index in [1.807, 2.05) is 24.3 Å². The zero-order valence-corrected chi connectivity index (χ0v) is 19.3. The van der Waals surface area contributed by atoms with Crippen molar-refractivity contribution in [3.8, 4) is 5.75 Å². The van der Waals surface area contributed by atoms with Gasteiger partial charge >= 0.3 is 5.63 Å². The monoisotopic (exact) mass is 480 g/mol. The van der Waals surface area contributed by atoms with Gasteiger partial charge in [-0.1, -0.05) is 36.1 Å². The molecule has 0 unspecified atom stereocenters. The third kappa shape index (κ3) is 5.50. The number of ether oxygens (including phenoxy) is 1. The molecule has 1 aromatic heterocycles. The second kappa shape index (κ2) is 10.0. The summed E-state index contributed by atoms with van der Waals surface area (Å²) in [6, 6.07) is 15.4. The first-order chi connectivity index (χ1) is 15.9. The highest BCUT2D eigenvalue weighted by atomic mass is 32.2. The number of thioether (sulfide) groups is 1. The number of anilines is 1. The second-order valence-corrected chi connectivity index (χ2v) is 8.94. The van der Waals surface area contributed by atoms with E-state index in [1.165, 1.54) is 22.7 Å². The molecule has 1 fully saturated rings. The summed E-state index contributed by atoms with van der Waals surface area (Å²) in [5.74, 6) is 0.413. The summed E-state index contributed by atoms with van der Waals surface area (Å²) in [4.78, 5) is 38.5. The smallest absolute Gasteiger partial charge is 0.336 e. The molecule has 2 aromatic carbocycles. The SMILES string of the molecule is COc1ccc(C=C2SC(=S)N(CCCC(=O)Nc3ccc4oc(=O)ccc4c3)C2=O)cc1. The van der Waals surface area contributed by atoms with Gasteiger partial charge in [-0.2, -0.15) is 0 Å².